The van der Waals surface area contributed by atoms with Gasteiger partial charge in [-0.1, -0.05) is 12.1 Å². The Labute approximate surface area is 166 Å². The molecule has 0 bridgehead atoms. The van der Waals surface area contributed by atoms with Crippen LogP contribution in [0.15, 0.2) is 48.0 Å². The molecule has 10 nitrogen and oxygen atoms in total. The number of imidazole rings is 1. The van der Waals surface area contributed by atoms with E-state index in [2.05, 4.69) is 27.4 Å². The molecular weight excluding hydrogens is 370 g/mol. The number of carbonyl (C=O) groups is 1. The van der Waals surface area contributed by atoms with Crippen LogP contribution in [0.4, 0.5) is 5.82 Å². The molecule has 3 aliphatic rings. The molecule has 146 valence electrons. The van der Waals surface area contributed by atoms with Gasteiger partial charge in [0.15, 0.2) is 18.3 Å². The fourth-order valence-electron chi connectivity index (χ4n) is 4.53. The normalized spacial score (nSPS) is 19.8. The van der Waals surface area contributed by atoms with Gasteiger partial charge in [0.25, 0.3) is 0 Å². The molecule has 6 rings (SSSR count). The summed E-state index contributed by atoms with van der Waals surface area (Å²) < 4.78 is 2.04. The SMILES string of the molecule is CC(=O)N1CCCC1c1cnnn1N1CN=C2c3ccccc3-n3cncc3N21. The van der Waals surface area contributed by atoms with Gasteiger partial charge in [-0.05, 0) is 30.2 Å². The van der Waals surface area contributed by atoms with Crippen molar-refractivity contribution in [3.8, 4) is 5.69 Å². The zero-order chi connectivity index (χ0) is 19.5. The molecule has 1 amide bonds. The van der Waals surface area contributed by atoms with Gasteiger partial charge in [-0.15, -0.1) is 9.89 Å². The van der Waals surface area contributed by atoms with Crippen LogP contribution in [0.3, 0.4) is 0 Å². The number of likely N-dealkylation sites (tertiary alicyclic amines) is 1. The maximum absolute atomic E-state index is 12.1. The van der Waals surface area contributed by atoms with Crippen LogP contribution in [0.25, 0.3) is 5.69 Å². The van der Waals surface area contributed by atoms with E-state index in [4.69, 9.17) is 4.99 Å². The predicted octanol–water partition coefficient (Wildman–Crippen LogP) is 1.24. The first-order chi connectivity index (χ1) is 14.2. The molecule has 5 heterocycles. The lowest BCUT2D eigenvalue weighted by molar-refractivity contribution is -0.129. The lowest BCUT2D eigenvalue weighted by Crippen LogP contribution is -2.52. The summed E-state index contributed by atoms with van der Waals surface area (Å²) in [7, 11) is 0. The smallest absolute Gasteiger partial charge is 0.220 e. The van der Waals surface area contributed by atoms with E-state index < -0.39 is 0 Å². The summed E-state index contributed by atoms with van der Waals surface area (Å²) in [5.41, 5.74) is 2.97. The zero-order valence-corrected chi connectivity index (χ0v) is 15.9. The van der Waals surface area contributed by atoms with Gasteiger partial charge in [-0.25, -0.2) is 9.98 Å². The van der Waals surface area contributed by atoms with Crippen LogP contribution in [-0.2, 0) is 4.79 Å². The van der Waals surface area contributed by atoms with Crippen LogP contribution < -0.4 is 10.1 Å². The molecule has 0 aliphatic carbocycles. The predicted molar refractivity (Wildman–Crippen MR) is 105 cm³/mol. The van der Waals surface area contributed by atoms with Crippen LogP contribution in [0, 0.1) is 0 Å². The highest BCUT2D eigenvalue weighted by Gasteiger charge is 2.39. The second kappa shape index (κ2) is 5.90. The Morgan fingerprint density at radius 2 is 2.10 bits per heavy atom. The maximum atomic E-state index is 12.1. The lowest BCUT2D eigenvalue weighted by atomic mass is 10.1. The van der Waals surface area contributed by atoms with Gasteiger partial charge in [0.1, 0.15) is 12.0 Å². The van der Waals surface area contributed by atoms with E-state index in [9.17, 15) is 4.79 Å². The number of hydrazine groups is 1. The molecule has 1 saturated heterocycles. The molecule has 0 radical (unpaired) electrons. The van der Waals surface area contributed by atoms with Crippen molar-refractivity contribution in [2.45, 2.75) is 25.8 Å². The summed E-state index contributed by atoms with van der Waals surface area (Å²) in [5, 5.41) is 12.5. The van der Waals surface area contributed by atoms with Crippen LogP contribution in [0.2, 0.25) is 0 Å². The molecule has 1 atom stereocenters. The average molecular weight is 389 g/mol. The van der Waals surface area contributed by atoms with Crippen LogP contribution in [0.1, 0.15) is 37.1 Å². The number of benzene rings is 1. The summed E-state index contributed by atoms with van der Waals surface area (Å²) in [6.45, 7) is 2.78. The number of aromatic nitrogens is 5. The molecule has 1 aromatic carbocycles. The quantitative estimate of drug-likeness (QED) is 0.655. The van der Waals surface area contributed by atoms with Crippen molar-refractivity contribution in [1.82, 2.24) is 29.6 Å². The highest BCUT2D eigenvalue weighted by molar-refractivity contribution is 6.15. The maximum Gasteiger partial charge on any atom is 0.220 e. The third kappa shape index (κ3) is 2.19. The standard InChI is InChI=1S/C19H19N9O/c1-13(29)24-8-4-7-16(24)17-9-22-23-28(17)26-12-21-19-14-5-2-3-6-15(14)25-11-20-10-18(25)27(19)26/h2-3,5-6,9-11,16H,4,7-8,12H2,1H3. The number of nitrogens with zero attached hydrogens (tertiary/aromatic N) is 9. The lowest BCUT2D eigenvalue weighted by Gasteiger charge is -2.36. The van der Waals surface area contributed by atoms with Crippen LogP contribution in [0.5, 0.6) is 0 Å². The summed E-state index contributed by atoms with van der Waals surface area (Å²) in [5.74, 6) is 1.81. The first-order valence-corrected chi connectivity index (χ1v) is 9.66. The number of amidine groups is 1. The molecule has 3 aliphatic heterocycles. The molecule has 2 aromatic heterocycles. The second-order valence-corrected chi connectivity index (χ2v) is 7.36. The fraction of sp³-hybridized carbons (Fsp3) is 0.316. The number of aliphatic imine (C=N–C) groups is 1. The van der Waals surface area contributed by atoms with E-state index in [0.29, 0.717) is 6.67 Å². The van der Waals surface area contributed by atoms with Gasteiger partial charge >= 0.3 is 0 Å². The Bertz CT molecular complexity index is 1150. The Morgan fingerprint density at radius 1 is 1.21 bits per heavy atom. The number of carbonyl (C=O) groups excluding carboxylic acids is 1. The highest BCUT2D eigenvalue weighted by Crippen LogP contribution is 2.35. The Balaban J connectivity index is 1.44. The van der Waals surface area contributed by atoms with E-state index in [1.54, 1.807) is 24.2 Å². The van der Waals surface area contributed by atoms with E-state index >= 15 is 0 Å². The van der Waals surface area contributed by atoms with Gasteiger partial charge in [0.05, 0.1) is 24.1 Å². The van der Waals surface area contributed by atoms with Gasteiger partial charge < -0.3 is 4.90 Å². The van der Waals surface area contributed by atoms with Gasteiger partial charge in [-0.2, -0.15) is 10.1 Å². The highest BCUT2D eigenvalue weighted by atomic mass is 16.2. The number of para-hydroxylation sites is 1. The second-order valence-electron chi connectivity index (χ2n) is 7.36. The molecule has 1 unspecified atom stereocenters. The Morgan fingerprint density at radius 3 is 3.00 bits per heavy atom. The molecule has 10 heteroatoms. The molecule has 0 N–H and O–H groups in total. The molecule has 29 heavy (non-hydrogen) atoms. The summed E-state index contributed by atoms with van der Waals surface area (Å²) >= 11 is 0. The zero-order valence-electron chi connectivity index (χ0n) is 15.9. The monoisotopic (exact) mass is 389 g/mol. The number of rotatable bonds is 2. The minimum atomic E-state index is -0.0338. The average Bonchev–Trinajstić information content (AvgIpc) is 3.52. The third-order valence-electron chi connectivity index (χ3n) is 5.79. The van der Waals surface area contributed by atoms with Crippen LogP contribution in [-0.4, -0.2) is 54.5 Å². The van der Waals surface area contributed by atoms with Crippen LogP contribution >= 0.6 is 0 Å². The summed E-state index contributed by atoms with van der Waals surface area (Å²) in [6, 6.07) is 8.11. The molecule has 0 saturated carbocycles. The van der Waals surface area contributed by atoms with Crippen molar-refractivity contribution in [3.63, 3.8) is 0 Å². The minimum Gasteiger partial charge on any atom is -0.334 e. The molecule has 1 fully saturated rings. The largest absolute Gasteiger partial charge is 0.334 e. The van der Waals surface area contributed by atoms with Crippen molar-refractivity contribution in [3.05, 3.63) is 54.2 Å². The summed E-state index contributed by atoms with van der Waals surface area (Å²) in [4.78, 5) is 24.9. The van der Waals surface area contributed by atoms with E-state index in [1.807, 2.05) is 37.9 Å². The topological polar surface area (TPSA) is 87.7 Å². The number of hydrogen-bond donors (Lipinski definition) is 0. The van der Waals surface area contributed by atoms with Crippen molar-refractivity contribution < 1.29 is 4.79 Å². The van der Waals surface area contributed by atoms with Crippen molar-refractivity contribution in [1.29, 1.82) is 0 Å². The number of fused-ring (bicyclic) bond motifs is 6. The molecule has 0 spiro atoms. The Kier molecular flexibility index (Phi) is 3.31. The first kappa shape index (κ1) is 16.3. The third-order valence-corrected chi connectivity index (χ3v) is 5.79. The van der Waals surface area contributed by atoms with Crippen molar-refractivity contribution in [2.75, 3.05) is 23.3 Å². The number of hydrogen-bond acceptors (Lipinski definition) is 7. The van der Waals surface area contributed by atoms with Crippen molar-refractivity contribution in [2.24, 2.45) is 4.99 Å². The Hall–Kier alpha value is -3.69. The van der Waals surface area contributed by atoms with E-state index in [1.165, 1.54) is 0 Å². The van der Waals surface area contributed by atoms with Gasteiger partial charge in [0.2, 0.25) is 5.91 Å². The van der Waals surface area contributed by atoms with E-state index in [0.717, 1.165) is 48.0 Å². The van der Waals surface area contributed by atoms with Crippen molar-refractivity contribution >= 4 is 17.6 Å². The fourth-order valence-corrected chi connectivity index (χ4v) is 4.53. The molecule has 3 aromatic rings. The van der Waals surface area contributed by atoms with E-state index in [-0.39, 0.29) is 11.9 Å². The molecular formula is C19H19N9O. The van der Waals surface area contributed by atoms with Gasteiger partial charge in [-0.3, -0.25) is 9.36 Å². The van der Waals surface area contributed by atoms with Gasteiger partial charge in [0, 0.05) is 19.0 Å². The first-order valence-electron chi connectivity index (χ1n) is 9.66. The summed E-state index contributed by atoms with van der Waals surface area (Å²) in [6.07, 6.45) is 7.24. The minimum absolute atomic E-state index is 0.0338. The number of anilines is 1. The number of amides is 1.